The van der Waals surface area contributed by atoms with Gasteiger partial charge >= 0.3 is 5.97 Å². The van der Waals surface area contributed by atoms with Gasteiger partial charge in [-0.1, -0.05) is 26.2 Å². The van der Waals surface area contributed by atoms with Gasteiger partial charge in [0, 0.05) is 18.2 Å². The van der Waals surface area contributed by atoms with Crippen molar-refractivity contribution in [2.75, 3.05) is 0 Å². The summed E-state index contributed by atoms with van der Waals surface area (Å²) in [6, 6.07) is 2.10. The maximum absolute atomic E-state index is 10.8. The van der Waals surface area contributed by atoms with Crippen molar-refractivity contribution in [3.63, 3.8) is 0 Å². The highest BCUT2D eigenvalue weighted by atomic mass is 16.4. The Labute approximate surface area is 102 Å². The minimum Gasteiger partial charge on any atom is -0.475 e. The molecule has 1 atom stereocenters. The molecular formula is C13H21NO3. The average Bonchev–Trinajstić information content (AvgIpc) is 2.75. The third-order valence-corrected chi connectivity index (χ3v) is 2.82. The molecule has 1 unspecified atom stereocenters. The first-order chi connectivity index (χ1) is 8.15. The van der Waals surface area contributed by atoms with Crippen molar-refractivity contribution >= 4 is 5.97 Å². The predicted molar refractivity (Wildman–Crippen MR) is 66.1 cm³/mol. The lowest BCUT2D eigenvalue weighted by molar-refractivity contribution is 0.0660. The first kappa shape index (κ1) is 13.8. The van der Waals surface area contributed by atoms with E-state index in [1.54, 1.807) is 6.07 Å². The van der Waals surface area contributed by atoms with Crippen molar-refractivity contribution in [1.82, 2.24) is 5.32 Å². The molecule has 96 valence electrons. The quantitative estimate of drug-likeness (QED) is 0.684. The van der Waals surface area contributed by atoms with Crippen LogP contribution in [0.1, 0.15) is 55.6 Å². The van der Waals surface area contributed by atoms with Gasteiger partial charge in [-0.05, 0) is 19.4 Å². The van der Waals surface area contributed by atoms with Crippen LogP contribution in [0.3, 0.4) is 0 Å². The summed E-state index contributed by atoms with van der Waals surface area (Å²) in [4.78, 5) is 10.8. The molecule has 0 bridgehead atoms. The van der Waals surface area contributed by atoms with E-state index in [2.05, 4.69) is 19.2 Å². The van der Waals surface area contributed by atoms with E-state index in [0.717, 1.165) is 6.42 Å². The number of hydrogen-bond acceptors (Lipinski definition) is 3. The smallest absolute Gasteiger partial charge is 0.372 e. The number of carboxylic acid groups (broad SMARTS) is 1. The van der Waals surface area contributed by atoms with Crippen molar-refractivity contribution in [3.05, 3.63) is 23.7 Å². The van der Waals surface area contributed by atoms with E-state index in [1.165, 1.54) is 25.5 Å². The van der Waals surface area contributed by atoms with E-state index in [4.69, 9.17) is 9.52 Å². The third-order valence-electron chi connectivity index (χ3n) is 2.82. The normalized spacial score (nSPS) is 12.6. The Balaban J connectivity index is 2.34. The number of carbonyl (C=O) groups is 1. The summed E-state index contributed by atoms with van der Waals surface area (Å²) >= 11 is 0. The van der Waals surface area contributed by atoms with Gasteiger partial charge in [0.05, 0.1) is 6.26 Å². The lowest BCUT2D eigenvalue weighted by Gasteiger charge is -2.12. The summed E-state index contributed by atoms with van der Waals surface area (Å²) in [5.41, 5.74) is 0.708. The van der Waals surface area contributed by atoms with Gasteiger partial charge in [0.25, 0.3) is 0 Å². The summed E-state index contributed by atoms with van der Waals surface area (Å²) in [6.07, 6.45) is 6.22. The van der Waals surface area contributed by atoms with Gasteiger partial charge in [-0.25, -0.2) is 4.79 Å². The zero-order valence-electron chi connectivity index (χ0n) is 10.5. The Hall–Kier alpha value is -1.29. The molecule has 0 saturated heterocycles. The van der Waals surface area contributed by atoms with Gasteiger partial charge in [0.2, 0.25) is 5.76 Å². The van der Waals surface area contributed by atoms with Crippen molar-refractivity contribution in [2.24, 2.45) is 0 Å². The molecule has 0 saturated carbocycles. The van der Waals surface area contributed by atoms with Crippen LogP contribution < -0.4 is 5.32 Å². The summed E-state index contributed by atoms with van der Waals surface area (Å²) in [5.74, 6) is -0.969. The fourth-order valence-electron chi connectivity index (χ4n) is 1.75. The van der Waals surface area contributed by atoms with Crippen molar-refractivity contribution in [1.29, 1.82) is 0 Å². The van der Waals surface area contributed by atoms with Crippen LogP contribution in [0.25, 0.3) is 0 Å². The number of unbranched alkanes of at least 4 members (excludes halogenated alkanes) is 2. The number of aromatic carboxylic acids is 1. The van der Waals surface area contributed by atoms with E-state index >= 15 is 0 Å². The number of furan rings is 1. The Morgan fingerprint density at radius 3 is 2.94 bits per heavy atom. The second-order valence-electron chi connectivity index (χ2n) is 4.36. The molecule has 1 aromatic rings. The Morgan fingerprint density at radius 1 is 1.53 bits per heavy atom. The van der Waals surface area contributed by atoms with Gasteiger partial charge < -0.3 is 14.8 Å². The monoisotopic (exact) mass is 239 g/mol. The molecule has 0 radical (unpaired) electrons. The zero-order valence-corrected chi connectivity index (χ0v) is 10.5. The molecule has 0 aliphatic heterocycles. The Bertz CT molecular complexity index is 346. The number of hydrogen-bond donors (Lipinski definition) is 2. The number of nitrogens with one attached hydrogen (secondary N) is 1. The van der Waals surface area contributed by atoms with E-state index in [9.17, 15) is 4.79 Å². The topological polar surface area (TPSA) is 62.5 Å². The molecule has 0 fully saturated rings. The molecule has 1 rings (SSSR count). The molecular weight excluding hydrogens is 218 g/mol. The van der Waals surface area contributed by atoms with Crippen molar-refractivity contribution in [3.8, 4) is 0 Å². The SMILES string of the molecule is CCCCCC(C)NCc1ccoc1C(=O)O. The third kappa shape index (κ3) is 4.61. The van der Waals surface area contributed by atoms with Crippen LogP contribution in [0.15, 0.2) is 16.7 Å². The lowest BCUT2D eigenvalue weighted by atomic mass is 10.1. The van der Waals surface area contributed by atoms with Crippen molar-refractivity contribution < 1.29 is 14.3 Å². The highest BCUT2D eigenvalue weighted by Gasteiger charge is 2.13. The molecule has 1 heterocycles. The van der Waals surface area contributed by atoms with Crippen molar-refractivity contribution in [2.45, 2.75) is 52.1 Å². The molecule has 0 aliphatic carbocycles. The van der Waals surface area contributed by atoms with Gasteiger partial charge in [-0.2, -0.15) is 0 Å². The van der Waals surface area contributed by atoms with Crippen LogP contribution in [0, 0.1) is 0 Å². The summed E-state index contributed by atoms with van der Waals surface area (Å²) in [7, 11) is 0. The van der Waals surface area contributed by atoms with E-state index in [1.807, 2.05) is 0 Å². The number of rotatable bonds is 8. The maximum Gasteiger partial charge on any atom is 0.372 e. The minimum absolute atomic E-state index is 0.0401. The van der Waals surface area contributed by atoms with E-state index < -0.39 is 5.97 Å². The zero-order chi connectivity index (χ0) is 12.7. The fourth-order valence-corrected chi connectivity index (χ4v) is 1.75. The largest absolute Gasteiger partial charge is 0.475 e. The molecule has 0 amide bonds. The molecule has 2 N–H and O–H groups in total. The van der Waals surface area contributed by atoms with Crippen LogP contribution in [-0.4, -0.2) is 17.1 Å². The average molecular weight is 239 g/mol. The van der Waals surface area contributed by atoms with Crippen LogP contribution >= 0.6 is 0 Å². The van der Waals surface area contributed by atoms with Gasteiger partial charge in [0.15, 0.2) is 0 Å². The molecule has 4 heteroatoms. The second kappa shape index (κ2) is 7.12. The first-order valence-corrected chi connectivity index (χ1v) is 6.18. The van der Waals surface area contributed by atoms with Crippen LogP contribution in [-0.2, 0) is 6.54 Å². The second-order valence-corrected chi connectivity index (χ2v) is 4.36. The Kier molecular flexibility index (Phi) is 5.77. The molecule has 1 aromatic heterocycles. The summed E-state index contributed by atoms with van der Waals surface area (Å²) in [5, 5.41) is 12.2. The summed E-state index contributed by atoms with van der Waals surface area (Å²) in [6.45, 7) is 4.85. The standard InChI is InChI=1S/C13H21NO3/c1-3-4-5-6-10(2)14-9-11-7-8-17-12(11)13(15)16/h7-8,10,14H,3-6,9H2,1-2H3,(H,15,16). The maximum atomic E-state index is 10.8. The van der Waals surface area contributed by atoms with E-state index in [0.29, 0.717) is 18.2 Å². The number of carboxylic acids is 1. The van der Waals surface area contributed by atoms with Gasteiger partial charge in [-0.15, -0.1) is 0 Å². The first-order valence-electron chi connectivity index (χ1n) is 6.18. The van der Waals surface area contributed by atoms with Crippen LogP contribution in [0.5, 0.6) is 0 Å². The highest BCUT2D eigenvalue weighted by Crippen LogP contribution is 2.11. The van der Waals surface area contributed by atoms with Crippen LogP contribution in [0.4, 0.5) is 0 Å². The minimum atomic E-state index is -1.01. The predicted octanol–water partition coefficient (Wildman–Crippen LogP) is 3.04. The highest BCUT2D eigenvalue weighted by molar-refractivity contribution is 5.86. The van der Waals surface area contributed by atoms with Gasteiger partial charge in [0.1, 0.15) is 0 Å². The summed E-state index contributed by atoms with van der Waals surface area (Å²) < 4.78 is 4.92. The molecule has 0 aliphatic rings. The lowest BCUT2D eigenvalue weighted by Crippen LogP contribution is -2.25. The molecule has 17 heavy (non-hydrogen) atoms. The Morgan fingerprint density at radius 2 is 2.29 bits per heavy atom. The van der Waals surface area contributed by atoms with Gasteiger partial charge in [-0.3, -0.25) is 0 Å². The molecule has 0 spiro atoms. The molecule has 4 nitrogen and oxygen atoms in total. The van der Waals surface area contributed by atoms with E-state index in [-0.39, 0.29) is 5.76 Å². The van der Waals surface area contributed by atoms with Crippen LogP contribution in [0.2, 0.25) is 0 Å². The fraction of sp³-hybridized carbons (Fsp3) is 0.615. The molecule has 0 aromatic carbocycles.